The highest BCUT2D eigenvalue weighted by Gasteiger charge is 2.34. The zero-order valence-electron chi connectivity index (χ0n) is 22.7. The average Bonchev–Trinajstić information content (AvgIpc) is 2.96. The summed E-state index contributed by atoms with van der Waals surface area (Å²) < 4.78 is 39.6. The SMILES string of the molecule is CCNC(=O)C(CC)N(Cc1cccc(OC)c1)C(=O)CN(c1ccccc1OC)S(=O)(=O)c1ccccc1. The van der Waals surface area contributed by atoms with Crippen LogP contribution >= 0.6 is 0 Å². The van der Waals surface area contributed by atoms with Crippen LogP contribution in [0, 0.1) is 0 Å². The van der Waals surface area contributed by atoms with Crippen LogP contribution in [0.25, 0.3) is 0 Å². The second-order valence-corrected chi connectivity index (χ2v) is 10.6. The van der Waals surface area contributed by atoms with Crippen LogP contribution in [0.5, 0.6) is 11.5 Å². The fourth-order valence-corrected chi connectivity index (χ4v) is 5.69. The minimum Gasteiger partial charge on any atom is -0.497 e. The van der Waals surface area contributed by atoms with Crippen molar-refractivity contribution in [3.63, 3.8) is 0 Å². The van der Waals surface area contributed by atoms with Gasteiger partial charge in [0.05, 0.1) is 24.8 Å². The van der Waals surface area contributed by atoms with Crippen molar-refractivity contribution in [2.45, 2.75) is 37.8 Å². The van der Waals surface area contributed by atoms with Crippen LogP contribution in [0.1, 0.15) is 25.8 Å². The Bertz CT molecular complexity index is 1360. The van der Waals surface area contributed by atoms with Crippen molar-refractivity contribution < 1.29 is 27.5 Å². The van der Waals surface area contributed by atoms with Crippen LogP contribution in [0.3, 0.4) is 0 Å². The van der Waals surface area contributed by atoms with Gasteiger partial charge < -0.3 is 19.7 Å². The largest absolute Gasteiger partial charge is 0.497 e. The molecule has 0 aromatic heterocycles. The lowest BCUT2D eigenvalue weighted by molar-refractivity contribution is -0.140. The summed E-state index contributed by atoms with van der Waals surface area (Å²) in [5.74, 6) is 0.0421. The Balaban J connectivity index is 2.09. The summed E-state index contributed by atoms with van der Waals surface area (Å²) in [4.78, 5) is 28.5. The maximum atomic E-state index is 14.0. The lowest BCUT2D eigenvalue weighted by atomic mass is 10.1. The van der Waals surface area contributed by atoms with E-state index in [0.717, 1.165) is 9.87 Å². The second kappa shape index (κ2) is 13.7. The number of carbonyl (C=O) groups is 2. The molecule has 0 heterocycles. The number of ether oxygens (including phenoxy) is 2. The quantitative estimate of drug-likeness (QED) is 0.345. The number of hydrogen-bond donors (Lipinski definition) is 1. The van der Waals surface area contributed by atoms with E-state index >= 15 is 0 Å². The van der Waals surface area contributed by atoms with Gasteiger partial charge in [-0.25, -0.2) is 8.42 Å². The summed E-state index contributed by atoms with van der Waals surface area (Å²) >= 11 is 0. The first-order valence-corrected chi connectivity index (χ1v) is 14.1. The van der Waals surface area contributed by atoms with Crippen molar-refractivity contribution in [2.75, 3.05) is 31.6 Å². The molecule has 3 rings (SSSR count). The van der Waals surface area contributed by atoms with Gasteiger partial charge in [-0.1, -0.05) is 49.4 Å². The van der Waals surface area contributed by atoms with E-state index in [9.17, 15) is 18.0 Å². The molecule has 2 amide bonds. The number of rotatable bonds is 13. The van der Waals surface area contributed by atoms with Gasteiger partial charge in [-0.05, 0) is 55.3 Å². The number of sulfonamides is 1. The van der Waals surface area contributed by atoms with Crippen LogP contribution < -0.4 is 19.1 Å². The third-order valence-electron chi connectivity index (χ3n) is 6.19. The molecule has 1 unspecified atom stereocenters. The Kier molecular flexibility index (Phi) is 10.3. The summed E-state index contributed by atoms with van der Waals surface area (Å²) in [6.07, 6.45) is 0.335. The smallest absolute Gasteiger partial charge is 0.264 e. The molecule has 0 bridgehead atoms. The molecule has 39 heavy (non-hydrogen) atoms. The number of methoxy groups -OCH3 is 2. The Morgan fingerprint density at radius 1 is 0.897 bits per heavy atom. The first-order chi connectivity index (χ1) is 18.8. The molecule has 208 valence electrons. The lowest BCUT2D eigenvalue weighted by Gasteiger charge is -2.33. The summed E-state index contributed by atoms with van der Waals surface area (Å²) in [6, 6.07) is 20.9. The molecule has 1 atom stereocenters. The number of para-hydroxylation sites is 2. The molecule has 0 saturated carbocycles. The standard InChI is InChI=1S/C29H35N3O6S/c1-5-25(29(34)30-6-2)31(20-22-13-12-14-23(19-22)37-3)28(33)21-32(26-17-10-11-18-27(26)38-4)39(35,36)24-15-8-7-9-16-24/h7-19,25H,5-6,20-21H2,1-4H3,(H,30,34). The lowest BCUT2D eigenvalue weighted by Crippen LogP contribution is -2.52. The minimum absolute atomic E-state index is 0.0267. The van der Waals surface area contributed by atoms with Gasteiger partial charge in [-0.15, -0.1) is 0 Å². The average molecular weight is 554 g/mol. The highest BCUT2D eigenvalue weighted by Crippen LogP contribution is 2.32. The predicted octanol–water partition coefficient (Wildman–Crippen LogP) is 3.84. The van der Waals surface area contributed by atoms with Gasteiger partial charge in [0.2, 0.25) is 11.8 Å². The first kappa shape index (κ1) is 29.5. The number of amides is 2. The van der Waals surface area contributed by atoms with Gasteiger partial charge >= 0.3 is 0 Å². The molecule has 3 aromatic carbocycles. The van der Waals surface area contributed by atoms with Crippen LogP contribution in [-0.2, 0) is 26.2 Å². The molecular weight excluding hydrogens is 518 g/mol. The number of nitrogens with zero attached hydrogens (tertiary/aromatic N) is 2. The molecule has 1 N–H and O–H groups in total. The summed E-state index contributed by atoms with van der Waals surface area (Å²) in [5.41, 5.74) is 0.949. The molecular formula is C29H35N3O6S. The molecule has 0 spiro atoms. The van der Waals surface area contributed by atoms with Gasteiger partial charge in [0, 0.05) is 13.1 Å². The monoisotopic (exact) mass is 553 g/mol. The molecule has 3 aromatic rings. The number of anilines is 1. The van der Waals surface area contributed by atoms with Crippen LogP contribution in [0.15, 0.2) is 83.8 Å². The van der Waals surface area contributed by atoms with Crippen molar-refractivity contribution >= 4 is 27.5 Å². The molecule has 9 nitrogen and oxygen atoms in total. The van der Waals surface area contributed by atoms with Crippen molar-refractivity contribution in [3.05, 3.63) is 84.4 Å². The summed E-state index contributed by atoms with van der Waals surface area (Å²) in [7, 11) is -1.19. The molecule has 0 radical (unpaired) electrons. The zero-order chi connectivity index (χ0) is 28.4. The third-order valence-corrected chi connectivity index (χ3v) is 7.96. The number of hydrogen-bond acceptors (Lipinski definition) is 6. The highest BCUT2D eigenvalue weighted by atomic mass is 32.2. The molecule has 0 aliphatic heterocycles. The van der Waals surface area contributed by atoms with Gasteiger partial charge in [-0.3, -0.25) is 13.9 Å². The number of carbonyl (C=O) groups excluding carboxylic acids is 2. The highest BCUT2D eigenvalue weighted by molar-refractivity contribution is 7.92. The van der Waals surface area contributed by atoms with Gasteiger partial charge in [0.25, 0.3) is 10.0 Å². The Labute approximate surface area is 230 Å². The molecule has 0 aliphatic rings. The van der Waals surface area contributed by atoms with E-state index in [1.807, 2.05) is 13.0 Å². The molecule has 0 aliphatic carbocycles. The van der Waals surface area contributed by atoms with E-state index in [1.165, 1.54) is 24.1 Å². The van der Waals surface area contributed by atoms with Gasteiger partial charge in [0.15, 0.2) is 0 Å². The van der Waals surface area contributed by atoms with Gasteiger partial charge in [-0.2, -0.15) is 0 Å². The fourth-order valence-electron chi connectivity index (χ4n) is 4.25. The van der Waals surface area contributed by atoms with E-state index < -0.39 is 28.5 Å². The van der Waals surface area contributed by atoms with E-state index in [2.05, 4.69) is 5.32 Å². The maximum absolute atomic E-state index is 14.0. The minimum atomic E-state index is -4.18. The van der Waals surface area contributed by atoms with Gasteiger partial charge in [0.1, 0.15) is 24.1 Å². The van der Waals surface area contributed by atoms with E-state index in [0.29, 0.717) is 24.5 Å². The Morgan fingerprint density at radius 3 is 2.23 bits per heavy atom. The summed E-state index contributed by atoms with van der Waals surface area (Å²) in [5, 5.41) is 2.79. The van der Waals surface area contributed by atoms with E-state index in [-0.39, 0.29) is 23.0 Å². The third kappa shape index (κ3) is 7.08. The molecule has 0 fully saturated rings. The van der Waals surface area contributed by atoms with Crippen molar-refractivity contribution in [2.24, 2.45) is 0 Å². The second-order valence-electron chi connectivity index (χ2n) is 8.69. The van der Waals surface area contributed by atoms with Crippen LogP contribution in [-0.4, -0.2) is 58.5 Å². The topological polar surface area (TPSA) is 105 Å². The normalized spacial score (nSPS) is 11.8. The van der Waals surface area contributed by atoms with Crippen LogP contribution in [0.2, 0.25) is 0 Å². The number of nitrogens with one attached hydrogen (secondary N) is 1. The Hall–Kier alpha value is -4.05. The maximum Gasteiger partial charge on any atom is 0.264 e. The van der Waals surface area contributed by atoms with Crippen molar-refractivity contribution in [1.82, 2.24) is 10.2 Å². The van der Waals surface area contributed by atoms with Crippen molar-refractivity contribution in [1.29, 1.82) is 0 Å². The van der Waals surface area contributed by atoms with E-state index in [1.54, 1.807) is 74.7 Å². The zero-order valence-corrected chi connectivity index (χ0v) is 23.5. The van der Waals surface area contributed by atoms with Crippen LogP contribution in [0.4, 0.5) is 5.69 Å². The van der Waals surface area contributed by atoms with E-state index in [4.69, 9.17) is 9.47 Å². The first-order valence-electron chi connectivity index (χ1n) is 12.7. The number of likely N-dealkylation sites (N-methyl/N-ethyl adjacent to an activating group) is 1. The fraction of sp³-hybridized carbons (Fsp3) is 0.310. The number of benzene rings is 3. The van der Waals surface area contributed by atoms with Crippen molar-refractivity contribution in [3.8, 4) is 11.5 Å². The predicted molar refractivity (Wildman–Crippen MR) is 150 cm³/mol. The summed E-state index contributed by atoms with van der Waals surface area (Å²) in [6.45, 7) is 3.54. The Morgan fingerprint density at radius 2 is 1.59 bits per heavy atom. The molecule has 10 heteroatoms. The molecule has 0 saturated heterocycles.